The fourth-order valence-corrected chi connectivity index (χ4v) is 1.32. The molecule has 0 saturated carbocycles. The molecule has 72 valence electrons. The maximum absolute atomic E-state index is 9.34. The van der Waals surface area contributed by atoms with Gasteiger partial charge in [-0.1, -0.05) is 6.92 Å². The minimum atomic E-state index is -0.533. The highest BCUT2D eigenvalue weighted by Crippen LogP contribution is 2.17. The van der Waals surface area contributed by atoms with Gasteiger partial charge in [0.15, 0.2) is 0 Å². The Bertz CT molecular complexity index is 273. The first kappa shape index (κ1) is 10.2. The van der Waals surface area contributed by atoms with Crippen LogP contribution in [-0.4, -0.2) is 16.2 Å². The SMILES string of the molecule is CCc1ccncc1C(N)C(C)O. The molecule has 0 radical (unpaired) electrons. The second-order valence-electron chi connectivity index (χ2n) is 3.19. The predicted molar refractivity (Wildman–Crippen MR) is 52.2 cm³/mol. The second-order valence-corrected chi connectivity index (χ2v) is 3.19. The molecule has 1 rings (SSSR count). The maximum Gasteiger partial charge on any atom is 0.0705 e. The molecule has 1 aromatic rings. The van der Waals surface area contributed by atoms with Gasteiger partial charge in [0, 0.05) is 12.4 Å². The van der Waals surface area contributed by atoms with Gasteiger partial charge in [0.05, 0.1) is 12.1 Å². The van der Waals surface area contributed by atoms with E-state index in [0.29, 0.717) is 0 Å². The molecule has 1 aromatic heterocycles. The van der Waals surface area contributed by atoms with Crippen LogP contribution in [0.1, 0.15) is 31.0 Å². The number of pyridine rings is 1. The molecule has 0 fully saturated rings. The van der Waals surface area contributed by atoms with Gasteiger partial charge in [-0.3, -0.25) is 4.98 Å². The van der Waals surface area contributed by atoms with E-state index in [-0.39, 0.29) is 6.04 Å². The number of aliphatic hydroxyl groups is 1. The minimum Gasteiger partial charge on any atom is -0.391 e. The Morgan fingerprint density at radius 2 is 2.31 bits per heavy atom. The molecule has 0 aliphatic carbocycles. The summed E-state index contributed by atoms with van der Waals surface area (Å²) >= 11 is 0. The average molecular weight is 180 g/mol. The summed E-state index contributed by atoms with van der Waals surface area (Å²) in [5.41, 5.74) is 7.92. The number of aliphatic hydroxyl groups excluding tert-OH is 1. The molecule has 3 heteroatoms. The van der Waals surface area contributed by atoms with Gasteiger partial charge >= 0.3 is 0 Å². The smallest absolute Gasteiger partial charge is 0.0705 e. The summed E-state index contributed by atoms with van der Waals surface area (Å²) in [6.07, 6.45) is 3.86. The summed E-state index contributed by atoms with van der Waals surface area (Å²) in [5, 5.41) is 9.34. The minimum absolute atomic E-state index is 0.330. The monoisotopic (exact) mass is 180 g/mol. The van der Waals surface area contributed by atoms with Gasteiger partial charge in [-0.2, -0.15) is 0 Å². The third-order valence-electron chi connectivity index (χ3n) is 2.21. The highest BCUT2D eigenvalue weighted by atomic mass is 16.3. The first-order valence-corrected chi connectivity index (χ1v) is 4.53. The third-order valence-corrected chi connectivity index (χ3v) is 2.21. The second kappa shape index (κ2) is 4.35. The first-order chi connectivity index (χ1) is 6.16. The quantitative estimate of drug-likeness (QED) is 0.730. The zero-order chi connectivity index (χ0) is 9.84. The molecule has 1 heterocycles. The van der Waals surface area contributed by atoms with Crippen molar-refractivity contribution in [3.63, 3.8) is 0 Å². The molecule has 13 heavy (non-hydrogen) atoms. The number of hydrogen-bond donors (Lipinski definition) is 2. The van der Waals surface area contributed by atoms with Crippen LogP contribution in [0.25, 0.3) is 0 Å². The Morgan fingerprint density at radius 1 is 1.62 bits per heavy atom. The summed E-state index contributed by atoms with van der Waals surface area (Å²) in [6, 6.07) is 1.61. The highest BCUT2D eigenvalue weighted by Gasteiger charge is 2.14. The van der Waals surface area contributed by atoms with Crippen molar-refractivity contribution in [2.24, 2.45) is 5.73 Å². The molecule has 0 aromatic carbocycles. The van der Waals surface area contributed by atoms with Crippen molar-refractivity contribution in [2.45, 2.75) is 32.4 Å². The standard InChI is InChI=1S/C10H16N2O/c1-3-8-4-5-12-6-9(8)10(11)7(2)13/h4-7,10,13H,3,11H2,1-2H3. The van der Waals surface area contributed by atoms with Crippen LogP contribution in [0.4, 0.5) is 0 Å². The zero-order valence-corrected chi connectivity index (χ0v) is 8.07. The Balaban J connectivity index is 2.98. The lowest BCUT2D eigenvalue weighted by Gasteiger charge is -2.17. The van der Waals surface area contributed by atoms with Gasteiger partial charge < -0.3 is 10.8 Å². The van der Waals surface area contributed by atoms with Crippen molar-refractivity contribution in [2.75, 3.05) is 0 Å². The molecular formula is C10H16N2O. The Kier molecular flexibility index (Phi) is 3.39. The maximum atomic E-state index is 9.34. The molecule has 0 amide bonds. The molecule has 0 spiro atoms. The van der Waals surface area contributed by atoms with E-state index < -0.39 is 6.10 Å². The lowest BCUT2D eigenvalue weighted by Crippen LogP contribution is -2.24. The van der Waals surface area contributed by atoms with E-state index in [1.54, 1.807) is 19.3 Å². The van der Waals surface area contributed by atoms with Crippen LogP contribution in [0, 0.1) is 0 Å². The van der Waals surface area contributed by atoms with Crippen LogP contribution < -0.4 is 5.73 Å². The van der Waals surface area contributed by atoms with Crippen molar-refractivity contribution in [1.29, 1.82) is 0 Å². The fourth-order valence-electron chi connectivity index (χ4n) is 1.32. The van der Waals surface area contributed by atoms with E-state index in [1.165, 1.54) is 0 Å². The third kappa shape index (κ3) is 2.26. The van der Waals surface area contributed by atoms with Crippen molar-refractivity contribution in [3.05, 3.63) is 29.6 Å². The lowest BCUT2D eigenvalue weighted by atomic mass is 9.99. The zero-order valence-electron chi connectivity index (χ0n) is 8.07. The molecule has 0 bridgehead atoms. The summed E-state index contributed by atoms with van der Waals surface area (Å²) in [7, 11) is 0. The van der Waals surface area contributed by atoms with Crippen LogP contribution in [0.3, 0.4) is 0 Å². The molecule has 3 N–H and O–H groups in total. The number of rotatable bonds is 3. The summed E-state index contributed by atoms with van der Waals surface area (Å²) in [5.74, 6) is 0. The van der Waals surface area contributed by atoms with Crippen molar-refractivity contribution in [1.82, 2.24) is 4.98 Å². The molecule has 2 unspecified atom stereocenters. The average Bonchev–Trinajstić information content (AvgIpc) is 2.16. The van der Waals surface area contributed by atoms with E-state index in [2.05, 4.69) is 11.9 Å². The summed E-state index contributed by atoms with van der Waals surface area (Å²) in [6.45, 7) is 3.75. The van der Waals surface area contributed by atoms with Gasteiger partial charge in [0.2, 0.25) is 0 Å². The van der Waals surface area contributed by atoms with Gasteiger partial charge in [0.25, 0.3) is 0 Å². The van der Waals surface area contributed by atoms with Crippen molar-refractivity contribution < 1.29 is 5.11 Å². The lowest BCUT2D eigenvalue weighted by molar-refractivity contribution is 0.164. The van der Waals surface area contributed by atoms with E-state index in [1.807, 2.05) is 6.07 Å². The first-order valence-electron chi connectivity index (χ1n) is 4.53. The number of nitrogens with zero attached hydrogens (tertiary/aromatic N) is 1. The molecule has 0 saturated heterocycles. The molecule has 3 nitrogen and oxygen atoms in total. The molecule has 0 aliphatic rings. The highest BCUT2D eigenvalue weighted by molar-refractivity contribution is 5.26. The summed E-state index contributed by atoms with van der Waals surface area (Å²) in [4.78, 5) is 4.01. The van der Waals surface area contributed by atoms with Crippen LogP contribution >= 0.6 is 0 Å². The topological polar surface area (TPSA) is 59.1 Å². The van der Waals surface area contributed by atoms with Crippen molar-refractivity contribution >= 4 is 0 Å². The van der Waals surface area contributed by atoms with Crippen LogP contribution in [0.15, 0.2) is 18.5 Å². The largest absolute Gasteiger partial charge is 0.391 e. The van der Waals surface area contributed by atoms with Crippen LogP contribution in [0.5, 0.6) is 0 Å². The fraction of sp³-hybridized carbons (Fsp3) is 0.500. The Morgan fingerprint density at radius 3 is 2.85 bits per heavy atom. The van der Waals surface area contributed by atoms with Gasteiger partial charge in [-0.05, 0) is 30.5 Å². The van der Waals surface area contributed by atoms with Crippen LogP contribution in [-0.2, 0) is 6.42 Å². The predicted octanol–water partition coefficient (Wildman–Crippen LogP) is 1.02. The van der Waals surface area contributed by atoms with Gasteiger partial charge in [-0.15, -0.1) is 0 Å². The number of nitrogens with two attached hydrogens (primary N) is 1. The van der Waals surface area contributed by atoms with E-state index in [9.17, 15) is 5.11 Å². The van der Waals surface area contributed by atoms with Crippen molar-refractivity contribution in [3.8, 4) is 0 Å². The number of aromatic nitrogens is 1. The molecule has 0 aliphatic heterocycles. The normalized spacial score (nSPS) is 15.4. The van der Waals surface area contributed by atoms with Crippen LogP contribution in [0.2, 0.25) is 0 Å². The Labute approximate surface area is 78.6 Å². The number of aryl methyl sites for hydroxylation is 1. The Hall–Kier alpha value is -0.930. The van der Waals surface area contributed by atoms with E-state index >= 15 is 0 Å². The van der Waals surface area contributed by atoms with E-state index in [0.717, 1.165) is 17.5 Å². The molecular weight excluding hydrogens is 164 g/mol. The van der Waals surface area contributed by atoms with Gasteiger partial charge in [0.1, 0.15) is 0 Å². The molecule has 2 atom stereocenters. The van der Waals surface area contributed by atoms with E-state index in [4.69, 9.17) is 5.73 Å². The summed E-state index contributed by atoms with van der Waals surface area (Å²) < 4.78 is 0. The van der Waals surface area contributed by atoms with Gasteiger partial charge in [-0.25, -0.2) is 0 Å². The number of hydrogen-bond acceptors (Lipinski definition) is 3.